The summed E-state index contributed by atoms with van der Waals surface area (Å²) in [7, 11) is 0. The highest BCUT2D eigenvalue weighted by Gasteiger charge is 2.30. The van der Waals surface area contributed by atoms with Crippen molar-refractivity contribution in [3.8, 4) is 5.75 Å². The van der Waals surface area contributed by atoms with Crippen molar-refractivity contribution in [2.75, 3.05) is 0 Å². The lowest BCUT2D eigenvalue weighted by Gasteiger charge is -2.07. The lowest BCUT2D eigenvalue weighted by atomic mass is 10.1. The van der Waals surface area contributed by atoms with Crippen LogP contribution in [0.4, 0.5) is 13.2 Å². The Bertz CT molecular complexity index is 703. The number of aryl methyl sites for hydroxylation is 1. The monoisotopic (exact) mass is 306 g/mol. The highest BCUT2D eigenvalue weighted by Crippen LogP contribution is 2.29. The number of benzene rings is 2. The van der Waals surface area contributed by atoms with Gasteiger partial charge in [-0.15, -0.1) is 0 Å². The fourth-order valence-corrected chi connectivity index (χ4v) is 1.80. The van der Waals surface area contributed by atoms with Crippen LogP contribution in [0.25, 0.3) is 6.08 Å². The van der Waals surface area contributed by atoms with Crippen molar-refractivity contribution in [2.24, 2.45) is 0 Å². The normalized spacial score (nSPS) is 11.6. The average molecular weight is 306 g/mol. The third-order valence-corrected chi connectivity index (χ3v) is 2.93. The van der Waals surface area contributed by atoms with Crippen LogP contribution in [-0.2, 0) is 11.0 Å². The van der Waals surface area contributed by atoms with Crippen molar-refractivity contribution in [3.63, 3.8) is 0 Å². The van der Waals surface area contributed by atoms with Crippen molar-refractivity contribution in [2.45, 2.75) is 13.1 Å². The van der Waals surface area contributed by atoms with Crippen LogP contribution in [0.2, 0.25) is 0 Å². The molecule has 5 heteroatoms. The highest BCUT2D eigenvalue weighted by atomic mass is 19.4. The van der Waals surface area contributed by atoms with Gasteiger partial charge in [0.05, 0.1) is 5.56 Å². The molecule has 0 spiro atoms. The number of ether oxygens (including phenoxy) is 1. The van der Waals surface area contributed by atoms with Gasteiger partial charge in [-0.05, 0) is 42.3 Å². The number of esters is 1. The van der Waals surface area contributed by atoms with Gasteiger partial charge in [-0.3, -0.25) is 0 Å². The molecule has 2 nitrogen and oxygen atoms in total. The summed E-state index contributed by atoms with van der Waals surface area (Å²) >= 11 is 0. The molecule has 2 aromatic carbocycles. The first kappa shape index (κ1) is 15.8. The van der Waals surface area contributed by atoms with E-state index < -0.39 is 17.7 Å². The summed E-state index contributed by atoms with van der Waals surface area (Å²) in [6, 6.07) is 11.7. The summed E-state index contributed by atoms with van der Waals surface area (Å²) < 4.78 is 42.9. The van der Waals surface area contributed by atoms with Gasteiger partial charge in [-0.2, -0.15) is 13.2 Å². The Kier molecular flexibility index (Phi) is 4.65. The van der Waals surface area contributed by atoms with E-state index in [1.807, 2.05) is 6.07 Å². The number of alkyl halides is 3. The van der Waals surface area contributed by atoms with Crippen LogP contribution in [0.1, 0.15) is 16.7 Å². The van der Waals surface area contributed by atoms with Gasteiger partial charge in [0.2, 0.25) is 0 Å². The van der Waals surface area contributed by atoms with Crippen LogP contribution in [0.3, 0.4) is 0 Å². The van der Waals surface area contributed by atoms with E-state index in [-0.39, 0.29) is 5.56 Å². The third kappa shape index (κ3) is 4.22. The fourth-order valence-electron chi connectivity index (χ4n) is 1.80. The molecule has 0 aromatic heterocycles. The Morgan fingerprint density at radius 2 is 1.82 bits per heavy atom. The molecule has 114 valence electrons. The minimum atomic E-state index is -4.41. The smallest absolute Gasteiger partial charge is 0.416 e. The quantitative estimate of drug-likeness (QED) is 0.469. The molecule has 0 saturated carbocycles. The largest absolute Gasteiger partial charge is 0.423 e. The Balaban J connectivity index is 2.09. The SMILES string of the molecule is Cc1ccccc1OC(=O)/C=C/c1cccc(C(F)(F)F)c1. The maximum atomic E-state index is 12.6. The Morgan fingerprint density at radius 1 is 1.09 bits per heavy atom. The number of hydrogen-bond acceptors (Lipinski definition) is 2. The molecule has 0 aliphatic heterocycles. The zero-order chi connectivity index (χ0) is 16.2. The number of hydrogen-bond donors (Lipinski definition) is 0. The van der Waals surface area contributed by atoms with Crippen molar-refractivity contribution < 1.29 is 22.7 Å². The second-order valence-corrected chi connectivity index (χ2v) is 4.64. The molecule has 0 saturated heterocycles. The molecule has 0 N–H and O–H groups in total. The lowest BCUT2D eigenvalue weighted by molar-refractivity contribution is -0.137. The third-order valence-electron chi connectivity index (χ3n) is 2.93. The number of carbonyl (C=O) groups is 1. The van der Waals surface area contributed by atoms with Gasteiger partial charge in [0, 0.05) is 6.08 Å². The van der Waals surface area contributed by atoms with Gasteiger partial charge in [0.1, 0.15) is 5.75 Å². The average Bonchev–Trinajstić information content (AvgIpc) is 2.47. The van der Waals surface area contributed by atoms with Crippen molar-refractivity contribution in [1.29, 1.82) is 0 Å². The summed E-state index contributed by atoms with van der Waals surface area (Å²) in [6.07, 6.45) is -2.02. The van der Waals surface area contributed by atoms with Gasteiger partial charge in [0.15, 0.2) is 0 Å². The topological polar surface area (TPSA) is 26.3 Å². The van der Waals surface area contributed by atoms with E-state index in [9.17, 15) is 18.0 Å². The van der Waals surface area contributed by atoms with E-state index in [1.165, 1.54) is 18.2 Å². The van der Waals surface area contributed by atoms with E-state index in [4.69, 9.17) is 4.74 Å². The number of carbonyl (C=O) groups excluding carboxylic acids is 1. The van der Waals surface area contributed by atoms with Crippen LogP contribution >= 0.6 is 0 Å². The molecule has 0 heterocycles. The minimum absolute atomic E-state index is 0.275. The maximum Gasteiger partial charge on any atom is 0.416 e. The highest BCUT2D eigenvalue weighted by molar-refractivity contribution is 5.88. The number of halogens is 3. The zero-order valence-corrected chi connectivity index (χ0v) is 11.7. The van der Waals surface area contributed by atoms with Gasteiger partial charge in [-0.25, -0.2) is 4.79 Å². The first-order valence-electron chi connectivity index (χ1n) is 6.49. The van der Waals surface area contributed by atoms with Gasteiger partial charge < -0.3 is 4.74 Å². The Morgan fingerprint density at radius 3 is 2.50 bits per heavy atom. The van der Waals surface area contributed by atoms with E-state index >= 15 is 0 Å². The van der Waals surface area contributed by atoms with E-state index in [0.29, 0.717) is 5.75 Å². The molecule has 22 heavy (non-hydrogen) atoms. The molecule has 0 bridgehead atoms. The molecule has 0 unspecified atom stereocenters. The summed E-state index contributed by atoms with van der Waals surface area (Å²) in [6.45, 7) is 1.79. The fraction of sp³-hybridized carbons (Fsp3) is 0.118. The van der Waals surface area contributed by atoms with Crippen molar-refractivity contribution in [3.05, 3.63) is 71.3 Å². The molecular weight excluding hydrogens is 293 g/mol. The predicted molar refractivity (Wildman–Crippen MR) is 77.3 cm³/mol. The van der Waals surface area contributed by atoms with Crippen LogP contribution in [-0.4, -0.2) is 5.97 Å². The molecular formula is C17H13F3O2. The van der Waals surface area contributed by atoms with Crippen LogP contribution < -0.4 is 4.74 Å². The Labute approximate surface area is 125 Å². The first-order chi connectivity index (χ1) is 10.4. The molecule has 0 radical (unpaired) electrons. The summed E-state index contributed by atoms with van der Waals surface area (Å²) in [4.78, 5) is 11.7. The molecule has 0 aliphatic carbocycles. The van der Waals surface area contributed by atoms with Crippen LogP contribution in [0.5, 0.6) is 5.75 Å². The van der Waals surface area contributed by atoms with E-state index in [1.54, 1.807) is 25.1 Å². The molecule has 2 rings (SSSR count). The summed E-state index contributed by atoms with van der Waals surface area (Å²) in [5.74, 6) is -0.229. The lowest BCUT2D eigenvalue weighted by Crippen LogP contribution is -2.05. The molecule has 0 aliphatic rings. The van der Waals surface area contributed by atoms with E-state index in [2.05, 4.69) is 0 Å². The van der Waals surface area contributed by atoms with Gasteiger partial charge >= 0.3 is 12.1 Å². The van der Waals surface area contributed by atoms with Crippen LogP contribution in [0, 0.1) is 6.92 Å². The zero-order valence-electron chi connectivity index (χ0n) is 11.7. The standard InChI is InChI=1S/C17H13F3O2/c1-12-5-2-3-8-15(12)22-16(21)10-9-13-6-4-7-14(11-13)17(18,19)20/h2-11H,1H3/b10-9+. The second kappa shape index (κ2) is 6.47. The van der Waals surface area contributed by atoms with Gasteiger partial charge in [-0.1, -0.05) is 30.3 Å². The molecule has 0 atom stereocenters. The number of para-hydroxylation sites is 1. The summed E-state index contributed by atoms with van der Waals surface area (Å²) in [5, 5.41) is 0. The van der Waals surface area contributed by atoms with Crippen molar-refractivity contribution in [1.82, 2.24) is 0 Å². The predicted octanol–water partition coefficient (Wildman–Crippen LogP) is 4.63. The first-order valence-corrected chi connectivity index (χ1v) is 6.49. The van der Waals surface area contributed by atoms with Crippen LogP contribution in [0.15, 0.2) is 54.6 Å². The summed E-state index contributed by atoms with van der Waals surface area (Å²) in [5.41, 5.74) is 0.307. The maximum absolute atomic E-state index is 12.6. The molecule has 0 fully saturated rings. The van der Waals surface area contributed by atoms with Crippen molar-refractivity contribution >= 4 is 12.0 Å². The minimum Gasteiger partial charge on any atom is -0.423 e. The molecule has 2 aromatic rings. The number of rotatable bonds is 3. The molecule has 0 amide bonds. The Hall–Kier alpha value is -2.56. The van der Waals surface area contributed by atoms with E-state index in [0.717, 1.165) is 23.8 Å². The van der Waals surface area contributed by atoms with Gasteiger partial charge in [0.25, 0.3) is 0 Å². The second-order valence-electron chi connectivity index (χ2n) is 4.64.